The molecule has 2 N–H and O–H groups in total. The minimum atomic E-state index is -3.24. The van der Waals surface area contributed by atoms with Crippen LogP contribution in [0.15, 0.2) is 29.3 Å². The van der Waals surface area contributed by atoms with Gasteiger partial charge in [0.25, 0.3) is 0 Å². The molecule has 0 spiro atoms. The molecule has 0 aliphatic heterocycles. The van der Waals surface area contributed by atoms with Crippen LogP contribution in [0.4, 0.5) is 0 Å². The second kappa shape index (κ2) is 11.0. The summed E-state index contributed by atoms with van der Waals surface area (Å²) in [6.45, 7) is 9.47. The number of ether oxygens (including phenoxy) is 1. The van der Waals surface area contributed by atoms with Gasteiger partial charge in [0.05, 0.1) is 12.3 Å². The summed E-state index contributed by atoms with van der Waals surface area (Å²) < 4.78 is 31.7. The van der Waals surface area contributed by atoms with E-state index in [9.17, 15) is 8.42 Å². The number of guanidine groups is 1. The van der Waals surface area contributed by atoms with E-state index in [0.29, 0.717) is 32.1 Å². The number of sulfonamides is 1. The maximum atomic E-state index is 12.2. The molecule has 1 aromatic carbocycles. The van der Waals surface area contributed by atoms with Crippen molar-refractivity contribution >= 4 is 16.0 Å². The molecule has 0 saturated carbocycles. The van der Waals surface area contributed by atoms with Gasteiger partial charge < -0.3 is 15.4 Å². The van der Waals surface area contributed by atoms with Crippen molar-refractivity contribution < 1.29 is 13.2 Å². The lowest BCUT2D eigenvalue weighted by Gasteiger charge is -2.20. The number of nitrogens with zero attached hydrogens (tertiary/aromatic N) is 2. The first-order chi connectivity index (χ1) is 12.3. The Balaban J connectivity index is 2.42. The number of rotatable bonds is 10. The molecule has 26 heavy (non-hydrogen) atoms. The van der Waals surface area contributed by atoms with E-state index in [2.05, 4.69) is 15.6 Å². The molecule has 1 atom stereocenters. The van der Waals surface area contributed by atoms with Gasteiger partial charge in [-0.3, -0.25) is 4.99 Å². The monoisotopic (exact) mass is 384 g/mol. The van der Waals surface area contributed by atoms with Gasteiger partial charge in [0, 0.05) is 26.7 Å². The van der Waals surface area contributed by atoms with E-state index in [1.165, 1.54) is 4.31 Å². The molecule has 0 radical (unpaired) electrons. The largest absolute Gasteiger partial charge is 0.489 e. The molecule has 0 heterocycles. The predicted octanol–water partition coefficient (Wildman–Crippen LogP) is 1.60. The molecular weight excluding hydrogens is 352 g/mol. The zero-order valence-electron chi connectivity index (χ0n) is 16.4. The van der Waals surface area contributed by atoms with Crippen molar-refractivity contribution in [3.63, 3.8) is 0 Å². The van der Waals surface area contributed by atoms with E-state index < -0.39 is 10.0 Å². The summed E-state index contributed by atoms with van der Waals surface area (Å²) in [6, 6.07) is 7.87. The topological polar surface area (TPSA) is 83.0 Å². The smallest absolute Gasteiger partial charge is 0.215 e. The number of hydrogen-bond acceptors (Lipinski definition) is 4. The molecule has 7 nitrogen and oxygen atoms in total. The standard InChI is InChI=1S/C18H32N4O3S/c1-6-22(7-2)26(23,24)13-12-20-18(19-5)21-14-16(4)25-17-11-9-8-10-15(17)3/h8-11,16H,6-7,12-14H2,1-5H3,(H2,19,20,21). The average Bonchev–Trinajstić information content (AvgIpc) is 2.60. The van der Waals surface area contributed by atoms with Crippen molar-refractivity contribution in [2.45, 2.75) is 33.8 Å². The van der Waals surface area contributed by atoms with Gasteiger partial charge in [-0.1, -0.05) is 32.0 Å². The van der Waals surface area contributed by atoms with Crippen molar-refractivity contribution in [3.05, 3.63) is 29.8 Å². The summed E-state index contributed by atoms with van der Waals surface area (Å²) in [5.41, 5.74) is 1.09. The van der Waals surface area contributed by atoms with E-state index in [1.807, 2.05) is 52.0 Å². The molecule has 0 saturated heterocycles. The third kappa shape index (κ3) is 7.21. The van der Waals surface area contributed by atoms with Crippen molar-refractivity contribution in [1.82, 2.24) is 14.9 Å². The maximum absolute atomic E-state index is 12.2. The van der Waals surface area contributed by atoms with Gasteiger partial charge in [-0.25, -0.2) is 12.7 Å². The number of nitrogens with one attached hydrogen (secondary N) is 2. The van der Waals surface area contributed by atoms with E-state index >= 15 is 0 Å². The zero-order valence-corrected chi connectivity index (χ0v) is 17.3. The Labute approximate surface area is 157 Å². The van der Waals surface area contributed by atoms with Gasteiger partial charge in [-0.05, 0) is 25.5 Å². The molecule has 0 fully saturated rings. The summed E-state index contributed by atoms with van der Waals surface area (Å²) in [4.78, 5) is 4.12. The Bertz CT molecular complexity index is 673. The van der Waals surface area contributed by atoms with Crippen LogP contribution in [0.1, 0.15) is 26.3 Å². The molecule has 148 valence electrons. The highest BCUT2D eigenvalue weighted by atomic mass is 32.2. The SMILES string of the molecule is CCN(CC)S(=O)(=O)CCNC(=NC)NCC(C)Oc1ccccc1C. The first-order valence-corrected chi connectivity index (χ1v) is 10.6. The van der Waals surface area contributed by atoms with Crippen LogP contribution >= 0.6 is 0 Å². The average molecular weight is 385 g/mol. The molecule has 1 rings (SSSR count). The van der Waals surface area contributed by atoms with Gasteiger partial charge >= 0.3 is 0 Å². The lowest BCUT2D eigenvalue weighted by atomic mass is 10.2. The second-order valence-corrected chi connectivity index (χ2v) is 8.06. The van der Waals surface area contributed by atoms with Crippen molar-refractivity contribution in [2.75, 3.05) is 39.0 Å². The van der Waals surface area contributed by atoms with Crippen molar-refractivity contribution in [2.24, 2.45) is 4.99 Å². The number of para-hydroxylation sites is 1. The lowest BCUT2D eigenvalue weighted by Crippen LogP contribution is -2.44. The number of hydrogen-bond donors (Lipinski definition) is 2. The van der Waals surface area contributed by atoms with Crippen LogP contribution in [0.5, 0.6) is 5.75 Å². The molecule has 0 amide bonds. The summed E-state index contributed by atoms with van der Waals surface area (Å²) in [7, 11) is -1.59. The molecule has 0 aliphatic rings. The highest BCUT2D eigenvalue weighted by Gasteiger charge is 2.18. The van der Waals surface area contributed by atoms with Gasteiger partial charge in [0.15, 0.2) is 5.96 Å². The maximum Gasteiger partial charge on any atom is 0.215 e. The van der Waals surface area contributed by atoms with Gasteiger partial charge in [-0.15, -0.1) is 0 Å². The molecule has 1 unspecified atom stereocenters. The number of aliphatic imine (C=N–C) groups is 1. The van der Waals surface area contributed by atoms with E-state index in [-0.39, 0.29) is 11.9 Å². The van der Waals surface area contributed by atoms with Crippen LogP contribution in [0, 0.1) is 6.92 Å². The van der Waals surface area contributed by atoms with Crippen LogP contribution in [0.25, 0.3) is 0 Å². The molecular formula is C18H32N4O3S. The minimum absolute atomic E-state index is 0.0324. The zero-order chi connectivity index (χ0) is 19.6. The summed E-state index contributed by atoms with van der Waals surface area (Å²) in [5, 5.41) is 6.19. The van der Waals surface area contributed by atoms with Crippen LogP contribution in [-0.2, 0) is 10.0 Å². The Morgan fingerprint density at radius 1 is 1.23 bits per heavy atom. The fourth-order valence-corrected chi connectivity index (χ4v) is 3.86. The van der Waals surface area contributed by atoms with Gasteiger partial charge in [-0.2, -0.15) is 0 Å². The Hall–Kier alpha value is -1.80. The summed E-state index contributed by atoms with van der Waals surface area (Å²) >= 11 is 0. The summed E-state index contributed by atoms with van der Waals surface area (Å²) in [6.07, 6.45) is -0.0611. The van der Waals surface area contributed by atoms with Gasteiger partial charge in [0.1, 0.15) is 11.9 Å². The van der Waals surface area contributed by atoms with Crippen LogP contribution in [-0.4, -0.2) is 63.8 Å². The Morgan fingerprint density at radius 3 is 2.46 bits per heavy atom. The Morgan fingerprint density at radius 2 is 1.88 bits per heavy atom. The molecule has 0 aromatic heterocycles. The first-order valence-electron chi connectivity index (χ1n) is 8.98. The van der Waals surface area contributed by atoms with E-state index in [4.69, 9.17) is 4.74 Å². The molecule has 0 aliphatic carbocycles. The highest BCUT2D eigenvalue weighted by molar-refractivity contribution is 7.89. The van der Waals surface area contributed by atoms with Crippen LogP contribution < -0.4 is 15.4 Å². The van der Waals surface area contributed by atoms with Gasteiger partial charge in [0.2, 0.25) is 10.0 Å². The van der Waals surface area contributed by atoms with Crippen molar-refractivity contribution in [1.29, 1.82) is 0 Å². The highest BCUT2D eigenvalue weighted by Crippen LogP contribution is 2.17. The number of aryl methyl sites for hydroxylation is 1. The molecule has 0 bridgehead atoms. The van der Waals surface area contributed by atoms with Crippen molar-refractivity contribution in [3.8, 4) is 5.75 Å². The van der Waals surface area contributed by atoms with Crippen LogP contribution in [0.3, 0.4) is 0 Å². The second-order valence-electron chi connectivity index (χ2n) is 5.97. The van der Waals surface area contributed by atoms with E-state index in [1.54, 1.807) is 7.05 Å². The quantitative estimate of drug-likeness (QED) is 0.473. The third-order valence-electron chi connectivity index (χ3n) is 3.95. The predicted molar refractivity (Wildman–Crippen MR) is 107 cm³/mol. The fraction of sp³-hybridized carbons (Fsp3) is 0.611. The molecule has 1 aromatic rings. The third-order valence-corrected chi connectivity index (χ3v) is 5.98. The first kappa shape index (κ1) is 22.2. The lowest BCUT2D eigenvalue weighted by molar-refractivity contribution is 0.222. The number of benzene rings is 1. The van der Waals surface area contributed by atoms with E-state index in [0.717, 1.165) is 11.3 Å². The normalized spacial score (nSPS) is 13.5. The summed E-state index contributed by atoms with van der Waals surface area (Å²) in [5.74, 6) is 1.44. The van der Waals surface area contributed by atoms with Crippen LogP contribution in [0.2, 0.25) is 0 Å². The Kier molecular flexibility index (Phi) is 9.43. The fourth-order valence-electron chi connectivity index (χ4n) is 2.45. The minimum Gasteiger partial charge on any atom is -0.489 e. The molecule has 8 heteroatoms.